The van der Waals surface area contributed by atoms with Gasteiger partial charge in [-0.2, -0.15) is 0 Å². The minimum absolute atomic E-state index is 0.854. The Hall–Kier alpha value is -1.07. The normalized spacial score (nSPS) is 17.7. The lowest BCUT2D eigenvalue weighted by Crippen LogP contribution is -2.39. The van der Waals surface area contributed by atoms with E-state index >= 15 is 0 Å². The largest absolute Gasteiger partial charge is 0.356 e. The summed E-state index contributed by atoms with van der Waals surface area (Å²) in [5.41, 5.74) is 0. The summed E-state index contributed by atoms with van der Waals surface area (Å²) in [5, 5.41) is 6.84. The van der Waals surface area contributed by atoms with Gasteiger partial charge in [-0.1, -0.05) is 6.92 Å². The zero-order valence-electron chi connectivity index (χ0n) is 14.2. The molecule has 1 saturated heterocycles. The lowest BCUT2D eigenvalue weighted by atomic mass is 9.93. The second-order valence-electron chi connectivity index (χ2n) is 6.03. The first-order valence-corrected chi connectivity index (χ1v) is 9.25. The van der Waals surface area contributed by atoms with Crippen LogP contribution in [0.15, 0.2) is 17.1 Å². The molecule has 4 nitrogen and oxygen atoms in total. The monoisotopic (exact) mass is 322 g/mol. The first-order valence-electron chi connectivity index (χ1n) is 8.43. The fourth-order valence-corrected chi connectivity index (χ4v) is 3.79. The molecule has 0 atom stereocenters. The fourth-order valence-electron chi connectivity index (χ4n) is 2.96. The highest BCUT2D eigenvalue weighted by molar-refractivity contribution is 7.11. The van der Waals surface area contributed by atoms with Crippen molar-refractivity contribution in [3.63, 3.8) is 0 Å². The smallest absolute Gasteiger partial charge is 0.191 e. The summed E-state index contributed by atoms with van der Waals surface area (Å²) < 4.78 is 0. The predicted octanol–water partition coefficient (Wildman–Crippen LogP) is 2.84. The van der Waals surface area contributed by atoms with Gasteiger partial charge in [0.1, 0.15) is 0 Å². The third-order valence-electron chi connectivity index (χ3n) is 4.45. The number of rotatable bonds is 6. The van der Waals surface area contributed by atoms with Crippen LogP contribution in [0.5, 0.6) is 0 Å². The topological polar surface area (TPSA) is 39.7 Å². The molecule has 0 spiro atoms. The van der Waals surface area contributed by atoms with Crippen molar-refractivity contribution in [2.75, 3.05) is 33.2 Å². The Morgan fingerprint density at radius 3 is 2.68 bits per heavy atom. The number of hydrogen-bond acceptors (Lipinski definition) is 3. The second-order valence-corrected chi connectivity index (χ2v) is 7.40. The van der Waals surface area contributed by atoms with E-state index in [1.165, 1.54) is 48.7 Å². The summed E-state index contributed by atoms with van der Waals surface area (Å²) in [6.45, 7) is 10.0. The molecule has 0 unspecified atom stereocenters. The summed E-state index contributed by atoms with van der Waals surface area (Å²) in [6.07, 6.45) is 3.93. The third kappa shape index (κ3) is 5.61. The average molecular weight is 323 g/mol. The number of aliphatic imine (C=N–C) groups is 1. The lowest BCUT2D eigenvalue weighted by Gasteiger charge is -2.31. The van der Waals surface area contributed by atoms with Crippen LogP contribution in [0.3, 0.4) is 0 Å². The van der Waals surface area contributed by atoms with Crippen molar-refractivity contribution in [2.24, 2.45) is 10.9 Å². The first-order chi connectivity index (χ1) is 10.7. The van der Waals surface area contributed by atoms with Gasteiger partial charge in [-0.25, -0.2) is 0 Å². The van der Waals surface area contributed by atoms with Gasteiger partial charge in [-0.05, 0) is 63.9 Å². The lowest BCUT2D eigenvalue weighted by molar-refractivity contribution is 0.187. The van der Waals surface area contributed by atoms with Crippen molar-refractivity contribution in [1.29, 1.82) is 0 Å². The van der Waals surface area contributed by atoms with Crippen molar-refractivity contribution < 1.29 is 0 Å². The van der Waals surface area contributed by atoms with E-state index < -0.39 is 0 Å². The number of nitrogens with zero attached hydrogens (tertiary/aromatic N) is 2. The van der Waals surface area contributed by atoms with Crippen LogP contribution in [-0.2, 0) is 6.54 Å². The van der Waals surface area contributed by atoms with Crippen molar-refractivity contribution >= 4 is 17.3 Å². The highest BCUT2D eigenvalue weighted by Crippen LogP contribution is 2.19. The molecule has 0 aromatic carbocycles. The Morgan fingerprint density at radius 1 is 1.32 bits per heavy atom. The number of hydrogen-bond donors (Lipinski definition) is 2. The Balaban J connectivity index is 1.62. The Labute approximate surface area is 139 Å². The van der Waals surface area contributed by atoms with Gasteiger partial charge in [0.25, 0.3) is 0 Å². The standard InChI is InChI=1S/C17H30N4S/c1-4-21-11-8-15(9-12-21)7-10-19-17(18-3)20-13-16-6-5-14(2)22-16/h5-6,15H,4,7-13H2,1-3H3,(H2,18,19,20). The van der Waals surface area contributed by atoms with Crippen LogP contribution in [0.1, 0.15) is 35.9 Å². The van der Waals surface area contributed by atoms with E-state index in [0.29, 0.717) is 0 Å². The van der Waals surface area contributed by atoms with E-state index in [-0.39, 0.29) is 0 Å². The van der Waals surface area contributed by atoms with Gasteiger partial charge in [0, 0.05) is 23.3 Å². The Morgan fingerprint density at radius 2 is 2.09 bits per heavy atom. The minimum Gasteiger partial charge on any atom is -0.356 e. The molecular formula is C17H30N4S. The van der Waals surface area contributed by atoms with Gasteiger partial charge in [0.05, 0.1) is 6.54 Å². The number of nitrogens with one attached hydrogen (secondary N) is 2. The van der Waals surface area contributed by atoms with Crippen LogP contribution in [0.4, 0.5) is 0 Å². The zero-order chi connectivity index (χ0) is 15.8. The van der Waals surface area contributed by atoms with Crippen LogP contribution >= 0.6 is 11.3 Å². The molecular weight excluding hydrogens is 292 g/mol. The molecule has 0 saturated carbocycles. The summed E-state index contributed by atoms with van der Waals surface area (Å²) in [5.74, 6) is 1.78. The van der Waals surface area contributed by atoms with Crippen LogP contribution in [0.2, 0.25) is 0 Å². The number of likely N-dealkylation sites (tertiary alicyclic amines) is 1. The highest BCUT2D eigenvalue weighted by Gasteiger charge is 2.17. The Kier molecular flexibility index (Phi) is 7.19. The molecule has 0 bridgehead atoms. The molecule has 1 aliphatic rings. The molecule has 5 heteroatoms. The van der Waals surface area contributed by atoms with E-state index in [2.05, 4.69) is 46.5 Å². The molecule has 2 heterocycles. The predicted molar refractivity (Wildman–Crippen MR) is 96.7 cm³/mol. The van der Waals surface area contributed by atoms with Crippen molar-refractivity contribution in [2.45, 2.75) is 39.7 Å². The summed E-state index contributed by atoms with van der Waals surface area (Å²) in [6, 6.07) is 4.35. The third-order valence-corrected chi connectivity index (χ3v) is 5.45. The fraction of sp³-hybridized carbons (Fsp3) is 0.706. The maximum absolute atomic E-state index is 4.31. The molecule has 0 radical (unpaired) electrons. The maximum Gasteiger partial charge on any atom is 0.191 e. The molecule has 2 rings (SSSR count). The maximum atomic E-state index is 4.31. The van der Waals surface area contributed by atoms with Crippen LogP contribution < -0.4 is 10.6 Å². The summed E-state index contributed by atoms with van der Waals surface area (Å²) >= 11 is 1.84. The average Bonchev–Trinajstić information content (AvgIpc) is 2.96. The summed E-state index contributed by atoms with van der Waals surface area (Å²) in [7, 11) is 1.84. The van der Waals surface area contributed by atoms with Crippen LogP contribution in [0, 0.1) is 12.8 Å². The van der Waals surface area contributed by atoms with Gasteiger partial charge in [0.15, 0.2) is 5.96 Å². The minimum atomic E-state index is 0.854. The van der Waals surface area contributed by atoms with E-state index in [1.807, 2.05) is 18.4 Å². The van der Waals surface area contributed by atoms with Gasteiger partial charge in [-0.3, -0.25) is 4.99 Å². The van der Waals surface area contributed by atoms with Crippen molar-refractivity contribution in [3.05, 3.63) is 21.9 Å². The van der Waals surface area contributed by atoms with Gasteiger partial charge in [0.2, 0.25) is 0 Å². The molecule has 1 fully saturated rings. The van der Waals surface area contributed by atoms with Crippen molar-refractivity contribution in [1.82, 2.24) is 15.5 Å². The van der Waals surface area contributed by atoms with Crippen molar-refractivity contribution in [3.8, 4) is 0 Å². The Bertz CT molecular complexity index is 461. The molecule has 1 aromatic rings. The molecule has 124 valence electrons. The molecule has 1 aliphatic heterocycles. The van der Waals surface area contributed by atoms with Crippen LogP contribution in [0.25, 0.3) is 0 Å². The summed E-state index contributed by atoms with van der Waals surface area (Å²) in [4.78, 5) is 9.57. The first kappa shape index (κ1) is 17.3. The van der Waals surface area contributed by atoms with E-state index in [1.54, 1.807) is 0 Å². The number of piperidine rings is 1. The quantitative estimate of drug-likeness (QED) is 0.625. The number of aryl methyl sites for hydroxylation is 1. The molecule has 0 amide bonds. The molecule has 22 heavy (non-hydrogen) atoms. The molecule has 1 aromatic heterocycles. The zero-order valence-corrected chi connectivity index (χ0v) is 15.0. The van der Waals surface area contributed by atoms with Gasteiger partial charge >= 0.3 is 0 Å². The van der Waals surface area contributed by atoms with Gasteiger partial charge in [-0.15, -0.1) is 11.3 Å². The second kappa shape index (κ2) is 9.16. The highest BCUT2D eigenvalue weighted by atomic mass is 32.1. The molecule has 0 aliphatic carbocycles. The SMILES string of the molecule is CCN1CCC(CCNC(=NC)NCc2ccc(C)s2)CC1. The van der Waals surface area contributed by atoms with Gasteiger partial charge < -0.3 is 15.5 Å². The number of thiophene rings is 1. The molecule has 2 N–H and O–H groups in total. The van der Waals surface area contributed by atoms with E-state index in [9.17, 15) is 0 Å². The van der Waals surface area contributed by atoms with Crippen LogP contribution in [-0.4, -0.2) is 44.1 Å². The van der Waals surface area contributed by atoms with E-state index in [4.69, 9.17) is 0 Å². The number of guanidine groups is 1. The van der Waals surface area contributed by atoms with E-state index in [0.717, 1.165) is 25.0 Å².